The van der Waals surface area contributed by atoms with Crippen LogP contribution in [-0.4, -0.2) is 7.05 Å². The predicted octanol–water partition coefficient (Wildman–Crippen LogP) is 2.15. The summed E-state index contributed by atoms with van der Waals surface area (Å²) in [4.78, 5) is 0. The summed E-state index contributed by atoms with van der Waals surface area (Å²) in [7, 11) is 1.53. The first-order valence-electron chi connectivity index (χ1n) is 3.05. The molecule has 1 nitrogen and oxygen atoms in total. The molecule has 0 atom stereocenters. The summed E-state index contributed by atoms with van der Waals surface area (Å²) in [5.41, 5.74) is 0.835. The monoisotopic (exact) mass is 141 g/mol. The molecule has 0 amide bonds. The maximum Gasteiger partial charge on any atom is 0.187 e. The Bertz CT molecular complexity index is 168. The van der Waals surface area contributed by atoms with Crippen LogP contribution < -0.4 is 5.32 Å². The van der Waals surface area contributed by atoms with Crippen molar-refractivity contribution in [3.8, 4) is 0 Å². The third-order valence-electron chi connectivity index (χ3n) is 0.974. The van der Waals surface area contributed by atoms with E-state index in [4.69, 9.17) is 0 Å². The van der Waals surface area contributed by atoms with Gasteiger partial charge in [-0.3, -0.25) is 0 Å². The summed E-state index contributed by atoms with van der Waals surface area (Å²) >= 11 is 0. The van der Waals surface area contributed by atoms with Crippen LogP contribution in [0.25, 0.3) is 0 Å². The summed E-state index contributed by atoms with van der Waals surface area (Å²) in [6, 6.07) is 0. The molecule has 0 aliphatic rings. The highest BCUT2D eigenvalue weighted by Crippen LogP contribution is 1.99. The van der Waals surface area contributed by atoms with E-state index in [2.05, 4.69) is 11.9 Å². The van der Waals surface area contributed by atoms with Crippen molar-refractivity contribution in [1.29, 1.82) is 0 Å². The molecule has 0 aromatic heterocycles. The van der Waals surface area contributed by atoms with Crippen LogP contribution in [0.3, 0.4) is 0 Å². The summed E-state index contributed by atoms with van der Waals surface area (Å²) < 4.78 is 12.4. The van der Waals surface area contributed by atoms with Crippen molar-refractivity contribution >= 4 is 0 Å². The SMILES string of the molecule is C=C/C=C(C)\C=C(/F)NC. The van der Waals surface area contributed by atoms with Crippen LogP contribution in [-0.2, 0) is 0 Å². The molecule has 0 aliphatic heterocycles. The Morgan fingerprint density at radius 2 is 2.20 bits per heavy atom. The van der Waals surface area contributed by atoms with Gasteiger partial charge in [-0.05, 0) is 18.6 Å². The van der Waals surface area contributed by atoms with E-state index in [9.17, 15) is 4.39 Å². The Morgan fingerprint density at radius 3 is 2.60 bits per heavy atom. The van der Waals surface area contributed by atoms with E-state index >= 15 is 0 Å². The maximum atomic E-state index is 12.4. The number of hydrogen-bond acceptors (Lipinski definition) is 1. The Kier molecular flexibility index (Phi) is 4.29. The van der Waals surface area contributed by atoms with Crippen molar-refractivity contribution in [2.24, 2.45) is 0 Å². The summed E-state index contributed by atoms with van der Waals surface area (Å²) in [6.07, 6.45) is 4.76. The van der Waals surface area contributed by atoms with Crippen LogP contribution in [0.15, 0.2) is 36.3 Å². The highest BCUT2D eigenvalue weighted by atomic mass is 19.1. The second-order valence-corrected chi connectivity index (χ2v) is 1.89. The van der Waals surface area contributed by atoms with Gasteiger partial charge in [-0.2, -0.15) is 4.39 Å². The van der Waals surface area contributed by atoms with E-state index < -0.39 is 0 Å². The molecule has 1 N–H and O–H groups in total. The fourth-order valence-corrected chi connectivity index (χ4v) is 0.506. The van der Waals surface area contributed by atoms with Gasteiger partial charge in [0.25, 0.3) is 0 Å². The standard InChI is InChI=1S/C8H12FN/c1-4-5-7(2)6-8(9)10-3/h4-6,10H,1H2,2-3H3/b7-5-,8-6+. The second-order valence-electron chi connectivity index (χ2n) is 1.89. The van der Waals surface area contributed by atoms with Crippen molar-refractivity contribution in [2.45, 2.75) is 6.92 Å². The minimum Gasteiger partial charge on any atom is -0.365 e. The lowest BCUT2D eigenvalue weighted by Gasteiger charge is -1.93. The van der Waals surface area contributed by atoms with E-state index in [1.807, 2.05) is 0 Å². The third kappa shape index (κ3) is 3.89. The van der Waals surface area contributed by atoms with Gasteiger partial charge in [-0.15, -0.1) is 0 Å². The fourth-order valence-electron chi connectivity index (χ4n) is 0.506. The minimum atomic E-state index is -0.337. The van der Waals surface area contributed by atoms with Gasteiger partial charge < -0.3 is 5.32 Å². The van der Waals surface area contributed by atoms with Crippen molar-refractivity contribution in [2.75, 3.05) is 7.05 Å². The van der Waals surface area contributed by atoms with Gasteiger partial charge >= 0.3 is 0 Å². The zero-order valence-corrected chi connectivity index (χ0v) is 6.32. The highest BCUT2D eigenvalue weighted by Gasteiger charge is 1.86. The molecule has 0 unspecified atom stereocenters. The van der Waals surface area contributed by atoms with E-state index in [0.717, 1.165) is 5.57 Å². The first-order valence-corrected chi connectivity index (χ1v) is 3.05. The van der Waals surface area contributed by atoms with E-state index in [1.54, 1.807) is 19.1 Å². The topological polar surface area (TPSA) is 12.0 Å². The Hall–Kier alpha value is -1.05. The number of halogens is 1. The molecule has 56 valence electrons. The molecule has 10 heavy (non-hydrogen) atoms. The Morgan fingerprint density at radius 1 is 1.60 bits per heavy atom. The van der Waals surface area contributed by atoms with Crippen LogP contribution >= 0.6 is 0 Å². The lowest BCUT2D eigenvalue weighted by molar-refractivity contribution is 0.573. The lowest BCUT2D eigenvalue weighted by Crippen LogP contribution is -1.99. The predicted molar refractivity (Wildman–Crippen MR) is 42.2 cm³/mol. The molecule has 0 heterocycles. The van der Waals surface area contributed by atoms with Gasteiger partial charge in [0.2, 0.25) is 0 Å². The normalized spacial score (nSPS) is 13.1. The van der Waals surface area contributed by atoms with Crippen LogP contribution in [0.4, 0.5) is 4.39 Å². The number of rotatable bonds is 3. The average Bonchev–Trinajstić information content (AvgIpc) is 1.88. The molecule has 0 aromatic rings. The zero-order chi connectivity index (χ0) is 7.98. The Labute approximate surface area is 60.9 Å². The summed E-state index contributed by atoms with van der Waals surface area (Å²) in [5, 5.41) is 2.37. The molecule has 0 saturated carbocycles. The van der Waals surface area contributed by atoms with Crippen LogP contribution in [0.2, 0.25) is 0 Å². The van der Waals surface area contributed by atoms with Crippen molar-refractivity contribution in [3.63, 3.8) is 0 Å². The number of nitrogens with one attached hydrogen (secondary N) is 1. The van der Waals surface area contributed by atoms with E-state index in [1.165, 1.54) is 13.1 Å². The van der Waals surface area contributed by atoms with Crippen molar-refractivity contribution in [3.05, 3.63) is 36.3 Å². The summed E-state index contributed by atoms with van der Waals surface area (Å²) in [6.45, 7) is 5.29. The first-order chi connectivity index (χ1) is 4.70. The molecule has 0 rings (SSSR count). The molecule has 0 fully saturated rings. The van der Waals surface area contributed by atoms with Gasteiger partial charge in [0.15, 0.2) is 5.95 Å². The molecule has 0 spiro atoms. The van der Waals surface area contributed by atoms with Crippen LogP contribution in [0.1, 0.15) is 6.92 Å². The molecule has 0 saturated heterocycles. The Balaban J connectivity index is 4.11. The van der Waals surface area contributed by atoms with E-state index in [0.29, 0.717) is 0 Å². The molecular weight excluding hydrogens is 129 g/mol. The largest absolute Gasteiger partial charge is 0.365 e. The second kappa shape index (κ2) is 4.79. The van der Waals surface area contributed by atoms with Gasteiger partial charge in [0.05, 0.1) is 0 Å². The molecule has 2 heteroatoms. The minimum absolute atomic E-state index is 0.337. The molecule has 0 bridgehead atoms. The third-order valence-corrected chi connectivity index (χ3v) is 0.974. The quantitative estimate of drug-likeness (QED) is 0.469. The molecular formula is C8H12FN. The number of allylic oxidation sites excluding steroid dienone is 4. The fraction of sp³-hybridized carbons (Fsp3) is 0.250. The van der Waals surface area contributed by atoms with Crippen LogP contribution in [0.5, 0.6) is 0 Å². The van der Waals surface area contributed by atoms with Crippen LogP contribution in [0, 0.1) is 0 Å². The van der Waals surface area contributed by atoms with E-state index in [-0.39, 0.29) is 5.95 Å². The summed E-state index contributed by atoms with van der Waals surface area (Å²) in [5.74, 6) is -0.337. The molecule has 0 aromatic carbocycles. The average molecular weight is 141 g/mol. The van der Waals surface area contributed by atoms with Crippen molar-refractivity contribution < 1.29 is 4.39 Å². The molecule has 0 aliphatic carbocycles. The highest BCUT2D eigenvalue weighted by molar-refractivity contribution is 5.21. The molecule has 0 radical (unpaired) electrons. The smallest absolute Gasteiger partial charge is 0.187 e. The van der Waals surface area contributed by atoms with Gasteiger partial charge in [0.1, 0.15) is 0 Å². The van der Waals surface area contributed by atoms with Gasteiger partial charge in [-0.1, -0.05) is 18.7 Å². The zero-order valence-electron chi connectivity index (χ0n) is 6.32. The lowest BCUT2D eigenvalue weighted by atomic mass is 10.3. The first kappa shape index (κ1) is 8.95. The maximum absolute atomic E-state index is 12.4. The number of hydrogen-bond donors (Lipinski definition) is 1. The van der Waals surface area contributed by atoms with Gasteiger partial charge in [0, 0.05) is 7.05 Å². The van der Waals surface area contributed by atoms with Crippen molar-refractivity contribution in [1.82, 2.24) is 5.32 Å². The van der Waals surface area contributed by atoms with Gasteiger partial charge in [-0.25, -0.2) is 0 Å².